The number of anilines is 1. The number of halogens is 2. The standard InChI is InChI=1S/C18H15Br2N3O6S/c1-30(27,28)23-13-3-10(7-21)2-11(4-13)9-29-17-14(19)5-12(6-15(17)20)18(26)22-8-16(24)25/h2-6,23H,8-9H2,1H3,(H,22,26)(H,24,25). The summed E-state index contributed by atoms with van der Waals surface area (Å²) >= 11 is 6.61. The number of amides is 1. The summed E-state index contributed by atoms with van der Waals surface area (Å²) in [5.41, 5.74) is 1.25. The lowest BCUT2D eigenvalue weighted by molar-refractivity contribution is -0.135. The molecule has 0 unspecified atom stereocenters. The quantitative estimate of drug-likeness (QED) is 0.450. The van der Waals surface area contributed by atoms with E-state index in [9.17, 15) is 18.0 Å². The fraction of sp³-hybridized carbons (Fsp3) is 0.167. The van der Waals surface area contributed by atoms with Crippen LogP contribution in [0.1, 0.15) is 21.5 Å². The number of aliphatic carboxylic acids is 1. The van der Waals surface area contributed by atoms with Crippen LogP contribution in [-0.2, 0) is 21.4 Å². The summed E-state index contributed by atoms with van der Waals surface area (Å²) in [6.07, 6.45) is 1.00. The van der Waals surface area contributed by atoms with Gasteiger partial charge in [-0.1, -0.05) is 0 Å². The van der Waals surface area contributed by atoms with Gasteiger partial charge in [0.15, 0.2) is 0 Å². The first-order chi connectivity index (χ1) is 14.0. The van der Waals surface area contributed by atoms with Crippen LogP contribution in [0.4, 0.5) is 5.69 Å². The molecule has 0 aliphatic heterocycles. The van der Waals surface area contributed by atoms with Gasteiger partial charge in [-0.15, -0.1) is 0 Å². The van der Waals surface area contributed by atoms with Crippen molar-refractivity contribution < 1.29 is 27.9 Å². The number of hydrogen-bond donors (Lipinski definition) is 3. The second kappa shape index (κ2) is 9.92. The van der Waals surface area contributed by atoms with Crippen LogP contribution >= 0.6 is 31.9 Å². The second-order valence-corrected chi connectivity index (χ2v) is 9.50. The molecule has 0 spiro atoms. The molecule has 0 fully saturated rings. The van der Waals surface area contributed by atoms with E-state index in [-0.39, 0.29) is 23.4 Å². The van der Waals surface area contributed by atoms with Gasteiger partial charge in [-0.2, -0.15) is 5.26 Å². The number of carboxylic acids is 1. The van der Waals surface area contributed by atoms with E-state index in [1.807, 2.05) is 6.07 Å². The van der Waals surface area contributed by atoms with Crippen molar-refractivity contribution in [3.63, 3.8) is 0 Å². The molecule has 1 amide bonds. The summed E-state index contributed by atoms with van der Waals surface area (Å²) in [6, 6.07) is 9.40. The van der Waals surface area contributed by atoms with E-state index in [2.05, 4.69) is 41.9 Å². The fourth-order valence-corrected chi connectivity index (χ4v) is 4.32. The summed E-state index contributed by atoms with van der Waals surface area (Å²) in [4.78, 5) is 22.6. The molecule has 158 valence electrons. The first-order valence-corrected chi connectivity index (χ1v) is 11.6. The molecule has 12 heteroatoms. The van der Waals surface area contributed by atoms with E-state index in [1.54, 1.807) is 6.07 Å². The molecular formula is C18H15Br2N3O6S. The van der Waals surface area contributed by atoms with Crippen LogP contribution in [-0.4, -0.2) is 38.2 Å². The van der Waals surface area contributed by atoms with E-state index < -0.39 is 28.4 Å². The molecule has 2 aromatic rings. The zero-order chi connectivity index (χ0) is 22.5. The topological polar surface area (TPSA) is 146 Å². The highest BCUT2D eigenvalue weighted by atomic mass is 79.9. The van der Waals surface area contributed by atoms with E-state index in [1.165, 1.54) is 24.3 Å². The highest BCUT2D eigenvalue weighted by Gasteiger charge is 2.15. The molecule has 0 saturated carbocycles. The summed E-state index contributed by atoms with van der Waals surface area (Å²) in [7, 11) is -3.51. The molecule has 3 N–H and O–H groups in total. The third-order valence-electron chi connectivity index (χ3n) is 3.47. The number of hydrogen-bond acceptors (Lipinski definition) is 6. The van der Waals surface area contributed by atoms with Gasteiger partial charge < -0.3 is 15.2 Å². The highest BCUT2D eigenvalue weighted by molar-refractivity contribution is 9.11. The van der Waals surface area contributed by atoms with Crippen molar-refractivity contribution in [2.45, 2.75) is 6.61 Å². The minimum absolute atomic E-state index is 0.00964. The van der Waals surface area contributed by atoms with Crippen molar-refractivity contribution >= 4 is 59.4 Å². The predicted molar refractivity (Wildman–Crippen MR) is 116 cm³/mol. The Bertz CT molecular complexity index is 1120. The molecule has 0 aliphatic rings. The van der Waals surface area contributed by atoms with Crippen LogP contribution < -0.4 is 14.8 Å². The number of carbonyl (C=O) groups excluding carboxylic acids is 1. The number of carboxylic acid groups (broad SMARTS) is 1. The van der Waals surface area contributed by atoms with E-state index in [0.717, 1.165) is 6.26 Å². The van der Waals surface area contributed by atoms with Gasteiger partial charge in [0, 0.05) is 5.56 Å². The number of nitriles is 1. The minimum Gasteiger partial charge on any atom is -0.487 e. The summed E-state index contributed by atoms with van der Waals surface area (Å²) in [6.45, 7) is -0.499. The molecule has 0 heterocycles. The average Bonchev–Trinajstić information content (AvgIpc) is 2.63. The zero-order valence-corrected chi connectivity index (χ0v) is 19.4. The number of benzene rings is 2. The number of sulfonamides is 1. The van der Waals surface area contributed by atoms with Gasteiger partial charge in [0.05, 0.1) is 32.5 Å². The lowest BCUT2D eigenvalue weighted by Crippen LogP contribution is -2.29. The maximum atomic E-state index is 12.0. The smallest absolute Gasteiger partial charge is 0.322 e. The fourth-order valence-electron chi connectivity index (χ4n) is 2.36. The van der Waals surface area contributed by atoms with Crippen molar-refractivity contribution in [1.82, 2.24) is 5.32 Å². The number of ether oxygens (including phenoxy) is 1. The summed E-state index contributed by atoms with van der Waals surface area (Å²) in [5, 5.41) is 20.1. The highest BCUT2D eigenvalue weighted by Crippen LogP contribution is 2.35. The van der Waals surface area contributed by atoms with Crippen molar-refractivity contribution in [1.29, 1.82) is 5.26 Å². The van der Waals surface area contributed by atoms with Gasteiger partial charge in [0.1, 0.15) is 18.9 Å². The maximum absolute atomic E-state index is 12.0. The Hall–Kier alpha value is -2.62. The number of nitrogens with zero attached hydrogens (tertiary/aromatic N) is 1. The summed E-state index contributed by atoms with van der Waals surface area (Å²) < 4.78 is 31.8. The van der Waals surface area contributed by atoms with Crippen LogP contribution in [0.15, 0.2) is 39.3 Å². The lowest BCUT2D eigenvalue weighted by Gasteiger charge is -2.13. The molecule has 2 rings (SSSR count). The Morgan fingerprint density at radius 1 is 1.17 bits per heavy atom. The van der Waals surface area contributed by atoms with E-state index in [4.69, 9.17) is 15.1 Å². The summed E-state index contributed by atoms with van der Waals surface area (Å²) in [5.74, 6) is -1.36. The molecule has 2 aromatic carbocycles. The first-order valence-electron chi connectivity index (χ1n) is 8.12. The molecular weight excluding hydrogens is 546 g/mol. The Balaban J connectivity index is 2.21. The number of carbonyl (C=O) groups is 2. The van der Waals surface area contributed by atoms with Gasteiger partial charge in [-0.3, -0.25) is 14.3 Å². The van der Waals surface area contributed by atoms with Crippen LogP contribution in [0.25, 0.3) is 0 Å². The van der Waals surface area contributed by atoms with Gasteiger partial charge >= 0.3 is 5.97 Å². The van der Waals surface area contributed by atoms with Crippen LogP contribution in [0.5, 0.6) is 5.75 Å². The third-order valence-corrected chi connectivity index (χ3v) is 5.25. The van der Waals surface area contributed by atoms with E-state index in [0.29, 0.717) is 20.3 Å². The Kier molecular flexibility index (Phi) is 7.83. The van der Waals surface area contributed by atoms with Crippen molar-refractivity contribution in [3.05, 3.63) is 56.0 Å². The normalized spacial score (nSPS) is 10.7. The van der Waals surface area contributed by atoms with Gasteiger partial charge in [0.25, 0.3) is 5.91 Å². The second-order valence-electron chi connectivity index (χ2n) is 6.04. The Morgan fingerprint density at radius 3 is 2.33 bits per heavy atom. The van der Waals surface area contributed by atoms with Crippen LogP contribution in [0.2, 0.25) is 0 Å². The van der Waals surface area contributed by atoms with Crippen LogP contribution in [0.3, 0.4) is 0 Å². The molecule has 0 aromatic heterocycles. The molecule has 0 aliphatic carbocycles. The van der Waals surface area contributed by atoms with Crippen molar-refractivity contribution in [2.24, 2.45) is 0 Å². The van der Waals surface area contributed by atoms with Gasteiger partial charge in [0.2, 0.25) is 10.0 Å². The Morgan fingerprint density at radius 2 is 1.80 bits per heavy atom. The van der Waals surface area contributed by atoms with Crippen molar-refractivity contribution in [2.75, 3.05) is 17.5 Å². The number of rotatable bonds is 8. The molecule has 0 atom stereocenters. The predicted octanol–water partition coefficient (Wildman–Crippen LogP) is 2.85. The SMILES string of the molecule is CS(=O)(=O)Nc1cc(C#N)cc(COc2c(Br)cc(C(=O)NCC(=O)O)cc2Br)c1. The molecule has 0 bridgehead atoms. The maximum Gasteiger partial charge on any atom is 0.322 e. The van der Waals surface area contributed by atoms with Crippen LogP contribution in [0, 0.1) is 11.3 Å². The first kappa shape index (κ1) is 23.7. The number of nitrogens with one attached hydrogen (secondary N) is 2. The van der Waals surface area contributed by atoms with Crippen molar-refractivity contribution in [3.8, 4) is 11.8 Å². The zero-order valence-electron chi connectivity index (χ0n) is 15.4. The minimum atomic E-state index is -3.51. The average molecular weight is 561 g/mol. The van der Waals surface area contributed by atoms with Gasteiger partial charge in [-0.05, 0) is 67.8 Å². The molecule has 0 saturated heterocycles. The largest absolute Gasteiger partial charge is 0.487 e. The Labute approximate surface area is 189 Å². The van der Waals surface area contributed by atoms with E-state index >= 15 is 0 Å². The molecule has 9 nitrogen and oxygen atoms in total. The third kappa shape index (κ3) is 7.01. The monoisotopic (exact) mass is 559 g/mol. The molecule has 0 radical (unpaired) electrons. The lowest BCUT2D eigenvalue weighted by atomic mass is 10.1. The van der Waals surface area contributed by atoms with Gasteiger partial charge in [-0.25, -0.2) is 8.42 Å². The molecule has 30 heavy (non-hydrogen) atoms.